The normalized spacial score (nSPS) is 22.3. The van der Waals surface area contributed by atoms with Gasteiger partial charge in [0.2, 0.25) is 5.91 Å². The standard InChI is InChI=1S/C19H23N3O4/c1-14-3-2-4-15(13-14)22-17(23)6-5-16(20-22)18(24)21-9-7-19(8-10-21)25-11-12-26-19/h2-5,13,20H,6-12H2,1H3. The van der Waals surface area contributed by atoms with Gasteiger partial charge >= 0.3 is 0 Å². The summed E-state index contributed by atoms with van der Waals surface area (Å²) >= 11 is 0. The molecule has 1 N–H and O–H groups in total. The molecular weight excluding hydrogens is 334 g/mol. The molecule has 26 heavy (non-hydrogen) atoms. The molecule has 0 saturated carbocycles. The number of likely N-dealkylation sites (tertiary alicyclic amines) is 1. The summed E-state index contributed by atoms with van der Waals surface area (Å²) in [6.07, 6.45) is 3.22. The summed E-state index contributed by atoms with van der Waals surface area (Å²) in [7, 11) is 0. The van der Waals surface area contributed by atoms with Crippen LogP contribution in [0, 0.1) is 6.92 Å². The number of rotatable bonds is 2. The van der Waals surface area contributed by atoms with Gasteiger partial charge in [-0.3, -0.25) is 15.0 Å². The predicted molar refractivity (Wildman–Crippen MR) is 94.9 cm³/mol. The maximum atomic E-state index is 12.9. The number of piperidine rings is 1. The Labute approximate surface area is 152 Å². The summed E-state index contributed by atoms with van der Waals surface area (Å²) in [6, 6.07) is 7.63. The number of carbonyl (C=O) groups is 2. The van der Waals surface area contributed by atoms with E-state index >= 15 is 0 Å². The quantitative estimate of drug-likeness (QED) is 0.868. The first-order chi connectivity index (χ1) is 12.6. The highest BCUT2D eigenvalue weighted by atomic mass is 16.7. The molecule has 1 aromatic carbocycles. The fourth-order valence-electron chi connectivity index (χ4n) is 3.63. The van der Waals surface area contributed by atoms with Gasteiger partial charge in [0.05, 0.1) is 18.9 Å². The van der Waals surface area contributed by atoms with Crippen molar-refractivity contribution in [3.63, 3.8) is 0 Å². The second kappa shape index (κ2) is 6.74. The monoisotopic (exact) mass is 357 g/mol. The second-order valence-electron chi connectivity index (χ2n) is 6.90. The van der Waals surface area contributed by atoms with Crippen LogP contribution in [0.3, 0.4) is 0 Å². The lowest BCUT2D eigenvalue weighted by Crippen LogP contribution is -2.52. The van der Waals surface area contributed by atoms with Gasteiger partial charge in [-0.25, -0.2) is 5.01 Å². The van der Waals surface area contributed by atoms with E-state index < -0.39 is 5.79 Å². The van der Waals surface area contributed by atoms with Crippen LogP contribution in [-0.2, 0) is 19.1 Å². The van der Waals surface area contributed by atoms with Crippen LogP contribution in [-0.4, -0.2) is 48.8 Å². The van der Waals surface area contributed by atoms with Crippen LogP contribution in [0.1, 0.15) is 24.8 Å². The summed E-state index contributed by atoms with van der Waals surface area (Å²) in [6.45, 7) is 4.37. The van der Waals surface area contributed by atoms with E-state index in [0.29, 0.717) is 44.8 Å². The van der Waals surface area contributed by atoms with Crippen LogP contribution in [0.5, 0.6) is 0 Å². The van der Waals surface area contributed by atoms with Crippen molar-refractivity contribution in [2.75, 3.05) is 31.3 Å². The van der Waals surface area contributed by atoms with Crippen molar-refractivity contribution in [1.29, 1.82) is 0 Å². The van der Waals surface area contributed by atoms with E-state index in [1.807, 2.05) is 31.2 Å². The average molecular weight is 357 g/mol. The van der Waals surface area contributed by atoms with Crippen molar-refractivity contribution in [1.82, 2.24) is 10.3 Å². The van der Waals surface area contributed by atoms with E-state index in [9.17, 15) is 9.59 Å². The Balaban J connectivity index is 1.44. The van der Waals surface area contributed by atoms with Crippen LogP contribution in [0.4, 0.5) is 5.69 Å². The molecule has 2 saturated heterocycles. The summed E-state index contributed by atoms with van der Waals surface area (Å²) in [4.78, 5) is 27.0. The molecule has 7 nitrogen and oxygen atoms in total. The van der Waals surface area contributed by atoms with Gasteiger partial charge in [0.15, 0.2) is 5.79 Å². The zero-order valence-corrected chi connectivity index (χ0v) is 14.9. The lowest BCUT2D eigenvalue weighted by molar-refractivity contribution is -0.186. The van der Waals surface area contributed by atoms with E-state index in [1.54, 1.807) is 11.0 Å². The van der Waals surface area contributed by atoms with Gasteiger partial charge in [-0.15, -0.1) is 0 Å². The summed E-state index contributed by atoms with van der Waals surface area (Å²) in [5.74, 6) is -0.685. The van der Waals surface area contributed by atoms with E-state index in [-0.39, 0.29) is 18.2 Å². The Morgan fingerprint density at radius 1 is 1.19 bits per heavy atom. The van der Waals surface area contributed by atoms with E-state index in [4.69, 9.17) is 9.47 Å². The minimum atomic E-state index is -0.505. The van der Waals surface area contributed by atoms with Gasteiger partial charge in [0, 0.05) is 32.4 Å². The molecule has 2 amide bonds. The lowest BCUT2D eigenvalue weighted by atomic mass is 10.0. The average Bonchev–Trinajstić information content (AvgIpc) is 3.10. The number of benzene rings is 1. The fraction of sp³-hybridized carbons (Fsp3) is 0.474. The summed E-state index contributed by atoms with van der Waals surface area (Å²) in [5.41, 5.74) is 5.22. The Morgan fingerprint density at radius 3 is 2.62 bits per heavy atom. The minimum absolute atomic E-state index is 0.0856. The minimum Gasteiger partial charge on any atom is -0.347 e. The highest BCUT2D eigenvalue weighted by Gasteiger charge is 2.41. The van der Waals surface area contributed by atoms with E-state index in [1.165, 1.54) is 5.01 Å². The molecule has 0 atom stereocenters. The summed E-state index contributed by atoms with van der Waals surface area (Å²) < 4.78 is 11.4. The molecule has 3 heterocycles. The first-order valence-electron chi connectivity index (χ1n) is 9.00. The topological polar surface area (TPSA) is 71.1 Å². The molecule has 3 aliphatic rings. The lowest BCUT2D eigenvalue weighted by Gasteiger charge is -2.38. The number of hydrazine groups is 1. The number of hydrogen-bond donors (Lipinski definition) is 1. The number of anilines is 1. The van der Waals surface area contributed by atoms with Crippen molar-refractivity contribution in [3.8, 4) is 0 Å². The summed E-state index contributed by atoms with van der Waals surface area (Å²) in [5, 5.41) is 1.45. The number of amides is 2. The van der Waals surface area contributed by atoms with Gasteiger partial charge < -0.3 is 14.4 Å². The largest absolute Gasteiger partial charge is 0.347 e. The van der Waals surface area contributed by atoms with Crippen molar-refractivity contribution < 1.29 is 19.1 Å². The smallest absolute Gasteiger partial charge is 0.271 e. The zero-order valence-electron chi connectivity index (χ0n) is 14.9. The van der Waals surface area contributed by atoms with Crippen molar-refractivity contribution in [2.24, 2.45) is 0 Å². The molecule has 138 valence electrons. The Bertz CT molecular complexity index is 745. The molecule has 0 radical (unpaired) electrons. The second-order valence-corrected chi connectivity index (χ2v) is 6.90. The molecule has 0 aliphatic carbocycles. The Hall–Kier alpha value is -2.38. The Morgan fingerprint density at radius 2 is 1.92 bits per heavy atom. The maximum Gasteiger partial charge on any atom is 0.271 e. The highest BCUT2D eigenvalue weighted by molar-refractivity contribution is 6.01. The van der Waals surface area contributed by atoms with Crippen LogP contribution in [0.15, 0.2) is 36.0 Å². The SMILES string of the molecule is Cc1cccc(N2NC(C(=O)N3CCC4(CC3)OCCO4)=CCC2=O)c1. The third-order valence-electron chi connectivity index (χ3n) is 5.08. The number of nitrogens with zero attached hydrogens (tertiary/aromatic N) is 2. The third-order valence-corrected chi connectivity index (χ3v) is 5.08. The van der Waals surface area contributed by atoms with Crippen LogP contribution in [0.2, 0.25) is 0 Å². The molecule has 0 bridgehead atoms. The molecule has 4 rings (SSSR count). The highest BCUT2D eigenvalue weighted by Crippen LogP contribution is 2.31. The Kier molecular flexibility index (Phi) is 4.42. The predicted octanol–water partition coefficient (Wildman–Crippen LogP) is 1.49. The van der Waals surface area contributed by atoms with Crippen LogP contribution < -0.4 is 10.4 Å². The number of ether oxygens (including phenoxy) is 2. The molecule has 0 aromatic heterocycles. The van der Waals surface area contributed by atoms with Crippen LogP contribution in [0.25, 0.3) is 0 Å². The number of hydrogen-bond acceptors (Lipinski definition) is 5. The number of nitrogens with one attached hydrogen (secondary N) is 1. The number of carbonyl (C=O) groups excluding carboxylic acids is 2. The van der Waals surface area contributed by atoms with Gasteiger partial charge in [0.1, 0.15) is 5.70 Å². The molecule has 2 fully saturated rings. The van der Waals surface area contributed by atoms with Crippen LogP contribution >= 0.6 is 0 Å². The van der Waals surface area contributed by atoms with Gasteiger partial charge in [-0.1, -0.05) is 12.1 Å². The van der Waals surface area contributed by atoms with Crippen molar-refractivity contribution in [3.05, 3.63) is 41.6 Å². The first kappa shape index (κ1) is 17.1. The number of aryl methyl sites for hydroxylation is 1. The van der Waals surface area contributed by atoms with Crippen molar-refractivity contribution >= 4 is 17.5 Å². The molecule has 7 heteroatoms. The molecule has 1 aromatic rings. The molecular formula is C19H23N3O4. The maximum absolute atomic E-state index is 12.9. The van der Waals surface area contributed by atoms with E-state index in [2.05, 4.69) is 5.43 Å². The molecule has 0 unspecified atom stereocenters. The van der Waals surface area contributed by atoms with Gasteiger partial charge in [-0.05, 0) is 30.7 Å². The molecule has 3 aliphatic heterocycles. The molecule has 1 spiro atoms. The third kappa shape index (κ3) is 3.20. The van der Waals surface area contributed by atoms with Gasteiger partial charge in [-0.2, -0.15) is 0 Å². The fourth-order valence-corrected chi connectivity index (χ4v) is 3.63. The van der Waals surface area contributed by atoms with E-state index in [0.717, 1.165) is 11.3 Å². The zero-order chi connectivity index (χ0) is 18.1. The first-order valence-corrected chi connectivity index (χ1v) is 9.00. The van der Waals surface area contributed by atoms with Crippen molar-refractivity contribution in [2.45, 2.75) is 32.0 Å². The van der Waals surface area contributed by atoms with Gasteiger partial charge in [0.25, 0.3) is 5.91 Å².